The molecule has 0 bridgehead atoms. The van der Waals surface area contributed by atoms with E-state index in [4.69, 9.17) is 0 Å². The van der Waals surface area contributed by atoms with Crippen molar-refractivity contribution in [2.45, 2.75) is 6.92 Å². The van der Waals surface area contributed by atoms with Crippen LogP contribution < -0.4 is 4.90 Å². The van der Waals surface area contributed by atoms with Crippen LogP contribution >= 0.6 is 11.3 Å². The van der Waals surface area contributed by atoms with Crippen molar-refractivity contribution in [2.24, 2.45) is 0 Å². The maximum Gasteiger partial charge on any atom is 0.278 e. The number of aromatic hydroxyl groups is 1. The standard InChI is InChI=1S/C14H13N3O2S/c1-9-8-20-14-15-12(7-17(9)14)13(19)16(2)10-3-5-11(18)6-4-10/h3-8,18H,1-2H3. The van der Waals surface area contributed by atoms with Crippen LogP contribution in [0.5, 0.6) is 5.75 Å². The van der Waals surface area contributed by atoms with Gasteiger partial charge < -0.3 is 10.0 Å². The first-order chi connectivity index (χ1) is 9.56. The van der Waals surface area contributed by atoms with Crippen molar-refractivity contribution in [1.29, 1.82) is 0 Å². The van der Waals surface area contributed by atoms with Gasteiger partial charge in [-0.25, -0.2) is 4.98 Å². The van der Waals surface area contributed by atoms with Crippen LogP contribution in [-0.2, 0) is 0 Å². The monoisotopic (exact) mass is 287 g/mol. The second kappa shape index (κ2) is 4.64. The molecule has 6 heteroatoms. The molecule has 0 radical (unpaired) electrons. The van der Waals surface area contributed by atoms with E-state index in [0.29, 0.717) is 11.4 Å². The van der Waals surface area contributed by atoms with E-state index in [1.165, 1.54) is 16.2 Å². The number of carbonyl (C=O) groups is 1. The molecule has 0 saturated carbocycles. The smallest absolute Gasteiger partial charge is 0.278 e. The summed E-state index contributed by atoms with van der Waals surface area (Å²) in [6.07, 6.45) is 1.75. The first kappa shape index (κ1) is 12.7. The van der Waals surface area contributed by atoms with Crippen LogP contribution in [0, 0.1) is 6.92 Å². The summed E-state index contributed by atoms with van der Waals surface area (Å²) >= 11 is 1.51. The normalized spacial score (nSPS) is 10.9. The number of aromatic nitrogens is 2. The highest BCUT2D eigenvalue weighted by atomic mass is 32.1. The summed E-state index contributed by atoms with van der Waals surface area (Å²) in [6.45, 7) is 1.98. The maximum atomic E-state index is 12.4. The number of fused-ring (bicyclic) bond motifs is 1. The number of aryl methyl sites for hydroxylation is 1. The van der Waals surface area contributed by atoms with Gasteiger partial charge in [0.2, 0.25) is 0 Å². The first-order valence-electron chi connectivity index (χ1n) is 6.06. The SMILES string of the molecule is Cc1csc2nc(C(=O)N(C)c3ccc(O)cc3)cn12. The minimum absolute atomic E-state index is 0.174. The number of phenolic OH excluding ortho intramolecular Hbond substituents is 1. The van der Waals surface area contributed by atoms with Gasteiger partial charge in [-0.05, 0) is 31.2 Å². The molecule has 0 unspecified atom stereocenters. The third-order valence-electron chi connectivity index (χ3n) is 3.15. The van der Waals surface area contributed by atoms with Crippen molar-refractivity contribution in [3.05, 3.63) is 47.2 Å². The Hall–Kier alpha value is -2.34. The fourth-order valence-corrected chi connectivity index (χ4v) is 2.81. The van der Waals surface area contributed by atoms with Gasteiger partial charge in [-0.2, -0.15) is 0 Å². The molecular weight excluding hydrogens is 274 g/mol. The fraction of sp³-hybridized carbons (Fsp3) is 0.143. The average Bonchev–Trinajstić information content (AvgIpc) is 3.01. The first-order valence-corrected chi connectivity index (χ1v) is 6.94. The van der Waals surface area contributed by atoms with Crippen LogP contribution in [0.3, 0.4) is 0 Å². The minimum Gasteiger partial charge on any atom is -0.508 e. The van der Waals surface area contributed by atoms with E-state index >= 15 is 0 Å². The maximum absolute atomic E-state index is 12.4. The molecule has 0 fully saturated rings. The largest absolute Gasteiger partial charge is 0.508 e. The Kier molecular flexibility index (Phi) is 2.94. The summed E-state index contributed by atoms with van der Waals surface area (Å²) in [5.41, 5.74) is 2.18. The Bertz CT molecular complexity index is 773. The molecule has 20 heavy (non-hydrogen) atoms. The van der Waals surface area contributed by atoms with Crippen molar-refractivity contribution in [1.82, 2.24) is 9.38 Å². The molecule has 0 atom stereocenters. The predicted molar refractivity (Wildman–Crippen MR) is 78.6 cm³/mol. The second-order valence-corrected chi connectivity index (χ2v) is 5.37. The number of hydrogen-bond donors (Lipinski definition) is 1. The molecule has 3 aromatic rings. The lowest BCUT2D eigenvalue weighted by Gasteiger charge is -2.15. The zero-order valence-electron chi connectivity index (χ0n) is 11.1. The zero-order chi connectivity index (χ0) is 14.3. The second-order valence-electron chi connectivity index (χ2n) is 4.54. The van der Waals surface area contributed by atoms with E-state index in [-0.39, 0.29) is 11.7 Å². The molecule has 1 amide bonds. The molecular formula is C14H13N3O2S. The molecule has 1 aromatic carbocycles. The third-order valence-corrected chi connectivity index (χ3v) is 4.11. The van der Waals surface area contributed by atoms with Gasteiger partial charge in [0.1, 0.15) is 11.4 Å². The highest BCUT2D eigenvalue weighted by molar-refractivity contribution is 7.15. The predicted octanol–water partition coefficient (Wildman–Crippen LogP) is 2.69. The van der Waals surface area contributed by atoms with E-state index in [1.54, 1.807) is 37.5 Å². The van der Waals surface area contributed by atoms with Gasteiger partial charge in [0.15, 0.2) is 4.96 Å². The number of rotatable bonds is 2. The number of carbonyl (C=O) groups excluding carboxylic acids is 1. The zero-order valence-corrected chi connectivity index (χ0v) is 11.9. The van der Waals surface area contributed by atoms with Crippen LogP contribution in [-0.4, -0.2) is 27.4 Å². The van der Waals surface area contributed by atoms with Gasteiger partial charge >= 0.3 is 0 Å². The van der Waals surface area contributed by atoms with Gasteiger partial charge in [-0.15, -0.1) is 11.3 Å². The highest BCUT2D eigenvalue weighted by Crippen LogP contribution is 2.21. The molecule has 5 nitrogen and oxygen atoms in total. The molecule has 2 aromatic heterocycles. The molecule has 0 aliphatic heterocycles. The Morgan fingerprint density at radius 2 is 2.05 bits per heavy atom. The molecule has 0 spiro atoms. The van der Waals surface area contributed by atoms with Gasteiger partial charge in [0.05, 0.1) is 0 Å². The van der Waals surface area contributed by atoms with E-state index < -0.39 is 0 Å². The average molecular weight is 287 g/mol. The number of amides is 1. The van der Waals surface area contributed by atoms with E-state index in [1.807, 2.05) is 16.7 Å². The molecule has 0 aliphatic rings. The topological polar surface area (TPSA) is 57.8 Å². The van der Waals surface area contributed by atoms with Crippen LogP contribution in [0.1, 0.15) is 16.2 Å². The highest BCUT2D eigenvalue weighted by Gasteiger charge is 2.18. The van der Waals surface area contributed by atoms with Crippen LogP contribution in [0.4, 0.5) is 5.69 Å². The summed E-state index contributed by atoms with van der Waals surface area (Å²) in [4.78, 5) is 19.1. The number of phenols is 1. The summed E-state index contributed by atoms with van der Waals surface area (Å²) < 4.78 is 1.91. The van der Waals surface area contributed by atoms with Crippen molar-refractivity contribution < 1.29 is 9.90 Å². The number of anilines is 1. The quantitative estimate of drug-likeness (QED) is 0.788. The molecule has 0 saturated heterocycles. The summed E-state index contributed by atoms with van der Waals surface area (Å²) in [5.74, 6) is -0.00119. The third kappa shape index (κ3) is 2.04. The van der Waals surface area contributed by atoms with E-state index in [0.717, 1.165) is 10.7 Å². The number of thiazole rings is 1. The van der Waals surface area contributed by atoms with Crippen LogP contribution in [0.15, 0.2) is 35.8 Å². The lowest BCUT2D eigenvalue weighted by Crippen LogP contribution is -2.26. The number of imidazole rings is 1. The Labute approximate surface area is 119 Å². The molecule has 3 rings (SSSR count). The minimum atomic E-state index is -0.175. The molecule has 102 valence electrons. The Balaban J connectivity index is 1.92. The fourth-order valence-electron chi connectivity index (χ4n) is 1.96. The van der Waals surface area contributed by atoms with Crippen molar-refractivity contribution in [3.63, 3.8) is 0 Å². The molecule has 2 heterocycles. The van der Waals surface area contributed by atoms with Crippen LogP contribution in [0.25, 0.3) is 4.96 Å². The van der Waals surface area contributed by atoms with E-state index in [2.05, 4.69) is 4.98 Å². The number of nitrogens with zero attached hydrogens (tertiary/aromatic N) is 3. The summed E-state index contributed by atoms with van der Waals surface area (Å²) in [6, 6.07) is 6.48. The van der Waals surface area contributed by atoms with Crippen molar-refractivity contribution in [2.75, 3.05) is 11.9 Å². The molecule has 1 N–H and O–H groups in total. The molecule has 0 aliphatic carbocycles. The van der Waals surface area contributed by atoms with Gasteiger partial charge in [-0.3, -0.25) is 9.20 Å². The lowest BCUT2D eigenvalue weighted by molar-refractivity contribution is 0.0989. The summed E-state index contributed by atoms with van der Waals surface area (Å²) in [7, 11) is 1.69. The number of benzene rings is 1. The van der Waals surface area contributed by atoms with E-state index in [9.17, 15) is 9.90 Å². The summed E-state index contributed by atoms with van der Waals surface area (Å²) in [5, 5.41) is 11.3. The van der Waals surface area contributed by atoms with Gasteiger partial charge in [0, 0.05) is 30.0 Å². The lowest BCUT2D eigenvalue weighted by atomic mass is 10.2. The number of hydrogen-bond acceptors (Lipinski definition) is 4. The van der Waals surface area contributed by atoms with Crippen LogP contribution in [0.2, 0.25) is 0 Å². The van der Waals surface area contributed by atoms with Crippen molar-refractivity contribution in [3.8, 4) is 5.75 Å². The Morgan fingerprint density at radius 1 is 1.35 bits per heavy atom. The Morgan fingerprint density at radius 3 is 2.70 bits per heavy atom. The van der Waals surface area contributed by atoms with Crippen molar-refractivity contribution >= 4 is 27.9 Å². The van der Waals surface area contributed by atoms with Gasteiger partial charge in [0.25, 0.3) is 5.91 Å². The van der Waals surface area contributed by atoms with Gasteiger partial charge in [-0.1, -0.05) is 0 Å².